The van der Waals surface area contributed by atoms with Crippen LogP contribution in [0, 0.1) is 5.92 Å². The topological polar surface area (TPSA) is 87.8 Å². The highest BCUT2D eigenvalue weighted by atomic mass is 16.2. The fraction of sp³-hybridized carbons (Fsp3) is 0.667. The van der Waals surface area contributed by atoms with Crippen molar-refractivity contribution in [3.8, 4) is 0 Å². The first kappa shape index (κ1) is 16.5. The standard InChI is InChI=1S/C15H25N5O2/c1-4-19-14(21)12-13(20(15(19)22)9-11(2)3)17-10-18(12)8-6-5-7-16/h10-11H,4-9,16H2,1-3H3. The van der Waals surface area contributed by atoms with E-state index >= 15 is 0 Å². The zero-order valence-electron chi connectivity index (χ0n) is 13.6. The number of hydrogen-bond donors (Lipinski definition) is 1. The van der Waals surface area contributed by atoms with Crippen molar-refractivity contribution in [3.05, 3.63) is 27.2 Å². The summed E-state index contributed by atoms with van der Waals surface area (Å²) in [4.78, 5) is 29.4. The molecular formula is C15H25N5O2. The van der Waals surface area contributed by atoms with E-state index < -0.39 is 0 Å². The number of nitrogens with zero attached hydrogens (tertiary/aromatic N) is 4. The summed E-state index contributed by atoms with van der Waals surface area (Å²) in [6, 6.07) is 0. The Morgan fingerprint density at radius 2 is 1.95 bits per heavy atom. The van der Waals surface area contributed by atoms with E-state index in [2.05, 4.69) is 4.98 Å². The monoisotopic (exact) mass is 307 g/mol. The largest absolute Gasteiger partial charge is 0.332 e. The summed E-state index contributed by atoms with van der Waals surface area (Å²) >= 11 is 0. The molecule has 22 heavy (non-hydrogen) atoms. The van der Waals surface area contributed by atoms with Crippen molar-refractivity contribution >= 4 is 11.2 Å². The first-order valence-electron chi connectivity index (χ1n) is 7.89. The summed E-state index contributed by atoms with van der Waals surface area (Å²) in [7, 11) is 0. The highest BCUT2D eigenvalue weighted by molar-refractivity contribution is 5.70. The number of aryl methyl sites for hydroxylation is 1. The van der Waals surface area contributed by atoms with Gasteiger partial charge in [0.1, 0.15) is 0 Å². The molecular weight excluding hydrogens is 282 g/mol. The molecule has 0 aliphatic rings. The molecule has 2 aromatic heterocycles. The average Bonchev–Trinajstić information content (AvgIpc) is 2.88. The molecule has 0 aliphatic carbocycles. The maximum Gasteiger partial charge on any atom is 0.332 e. The molecule has 0 unspecified atom stereocenters. The molecule has 0 atom stereocenters. The Hall–Kier alpha value is -1.89. The van der Waals surface area contributed by atoms with Crippen LogP contribution in [0.2, 0.25) is 0 Å². The van der Waals surface area contributed by atoms with Crippen LogP contribution in [0.1, 0.15) is 33.6 Å². The van der Waals surface area contributed by atoms with E-state index in [1.807, 2.05) is 25.3 Å². The van der Waals surface area contributed by atoms with Gasteiger partial charge in [0.2, 0.25) is 0 Å². The Morgan fingerprint density at radius 1 is 1.23 bits per heavy atom. The van der Waals surface area contributed by atoms with Gasteiger partial charge in [-0.05, 0) is 32.2 Å². The lowest BCUT2D eigenvalue weighted by Gasteiger charge is -2.13. The van der Waals surface area contributed by atoms with Gasteiger partial charge in [0.05, 0.1) is 6.33 Å². The number of aromatic nitrogens is 4. The minimum absolute atomic E-state index is 0.257. The highest BCUT2D eigenvalue weighted by Crippen LogP contribution is 2.10. The van der Waals surface area contributed by atoms with Gasteiger partial charge in [-0.15, -0.1) is 0 Å². The summed E-state index contributed by atoms with van der Waals surface area (Å²) in [5.41, 5.74) is 5.99. The minimum atomic E-state index is -0.277. The molecule has 2 rings (SSSR count). The van der Waals surface area contributed by atoms with E-state index in [-0.39, 0.29) is 11.2 Å². The maximum atomic E-state index is 12.6. The Balaban J connectivity index is 2.64. The molecule has 0 bridgehead atoms. The molecule has 2 aromatic rings. The molecule has 122 valence electrons. The van der Waals surface area contributed by atoms with E-state index in [4.69, 9.17) is 5.73 Å². The molecule has 0 spiro atoms. The third-order valence-electron chi connectivity index (χ3n) is 3.70. The van der Waals surface area contributed by atoms with Gasteiger partial charge < -0.3 is 10.3 Å². The highest BCUT2D eigenvalue weighted by Gasteiger charge is 2.17. The lowest BCUT2D eigenvalue weighted by molar-refractivity contribution is 0.491. The molecule has 0 aliphatic heterocycles. The smallest absolute Gasteiger partial charge is 0.330 e. The second kappa shape index (κ2) is 6.91. The van der Waals surface area contributed by atoms with Gasteiger partial charge in [-0.2, -0.15) is 0 Å². The predicted molar refractivity (Wildman–Crippen MR) is 87.1 cm³/mol. The van der Waals surface area contributed by atoms with Crippen LogP contribution in [-0.2, 0) is 19.6 Å². The fourth-order valence-electron chi connectivity index (χ4n) is 2.64. The van der Waals surface area contributed by atoms with Crippen molar-refractivity contribution < 1.29 is 0 Å². The number of nitrogens with two attached hydrogens (primary N) is 1. The van der Waals surface area contributed by atoms with E-state index in [9.17, 15) is 9.59 Å². The fourth-order valence-corrected chi connectivity index (χ4v) is 2.64. The minimum Gasteiger partial charge on any atom is -0.330 e. The average molecular weight is 307 g/mol. The summed E-state index contributed by atoms with van der Waals surface area (Å²) < 4.78 is 4.74. The first-order valence-corrected chi connectivity index (χ1v) is 7.89. The molecule has 2 heterocycles. The first-order chi connectivity index (χ1) is 10.5. The van der Waals surface area contributed by atoms with Crippen molar-refractivity contribution in [1.29, 1.82) is 0 Å². The molecule has 0 saturated carbocycles. The van der Waals surface area contributed by atoms with Crippen molar-refractivity contribution in [1.82, 2.24) is 18.7 Å². The van der Waals surface area contributed by atoms with Gasteiger partial charge in [-0.1, -0.05) is 13.8 Å². The second-order valence-corrected chi connectivity index (χ2v) is 5.94. The second-order valence-electron chi connectivity index (χ2n) is 5.94. The van der Waals surface area contributed by atoms with Gasteiger partial charge in [-0.3, -0.25) is 13.9 Å². The summed E-state index contributed by atoms with van der Waals surface area (Å²) in [6.07, 6.45) is 3.43. The van der Waals surface area contributed by atoms with Crippen LogP contribution in [-0.4, -0.2) is 25.2 Å². The van der Waals surface area contributed by atoms with Crippen molar-refractivity contribution in [3.63, 3.8) is 0 Å². The molecule has 0 fully saturated rings. The predicted octanol–water partition coefficient (Wildman–Crippen LogP) is 0.774. The SMILES string of the molecule is CCn1c(=O)c2c(ncn2CCCCN)n(CC(C)C)c1=O. The van der Waals surface area contributed by atoms with Gasteiger partial charge in [-0.25, -0.2) is 9.78 Å². The quantitative estimate of drug-likeness (QED) is 0.765. The van der Waals surface area contributed by atoms with E-state index in [0.717, 1.165) is 12.8 Å². The van der Waals surface area contributed by atoms with E-state index in [1.54, 1.807) is 10.9 Å². The van der Waals surface area contributed by atoms with Crippen LogP contribution in [0.25, 0.3) is 11.2 Å². The van der Waals surface area contributed by atoms with Gasteiger partial charge in [0, 0.05) is 19.6 Å². The Labute approximate surface area is 129 Å². The van der Waals surface area contributed by atoms with Gasteiger partial charge in [0.15, 0.2) is 11.2 Å². The lowest BCUT2D eigenvalue weighted by atomic mass is 10.2. The molecule has 7 heteroatoms. The van der Waals surface area contributed by atoms with Crippen LogP contribution in [0.4, 0.5) is 0 Å². The third kappa shape index (κ3) is 2.99. The number of hydrogen-bond acceptors (Lipinski definition) is 4. The summed E-state index contributed by atoms with van der Waals surface area (Å²) in [5.74, 6) is 0.297. The Morgan fingerprint density at radius 3 is 2.55 bits per heavy atom. The zero-order valence-corrected chi connectivity index (χ0v) is 13.6. The van der Waals surface area contributed by atoms with Gasteiger partial charge >= 0.3 is 5.69 Å². The number of fused-ring (bicyclic) bond motifs is 1. The van der Waals surface area contributed by atoms with Crippen LogP contribution < -0.4 is 17.0 Å². The summed E-state index contributed by atoms with van der Waals surface area (Å²) in [6.45, 7) is 8.12. The van der Waals surface area contributed by atoms with Crippen molar-refractivity contribution in [2.45, 2.75) is 53.2 Å². The maximum absolute atomic E-state index is 12.6. The lowest BCUT2D eigenvalue weighted by Crippen LogP contribution is -2.40. The van der Waals surface area contributed by atoms with Crippen molar-refractivity contribution in [2.24, 2.45) is 11.7 Å². The molecule has 0 saturated heterocycles. The number of imidazole rings is 1. The summed E-state index contributed by atoms with van der Waals surface area (Å²) in [5, 5.41) is 0. The molecule has 0 aromatic carbocycles. The van der Waals surface area contributed by atoms with Gasteiger partial charge in [0.25, 0.3) is 5.56 Å². The molecule has 2 N–H and O–H groups in total. The molecule has 0 amide bonds. The normalized spacial score (nSPS) is 11.7. The number of rotatable bonds is 7. The zero-order chi connectivity index (χ0) is 16.3. The number of unbranched alkanes of at least 4 members (excludes halogenated alkanes) is 1. The molecule has 7 nitrogen and oxygen atoms in total. The van der Waals surface area contributed by atoms with E-state index in [0.29, 0.717) is 43.3 Å². The van der Waals surface area contributed by atoms with Crippen LogP contribution >= 0.6 is 0 Å². The third-order valence-corrected chi connectivity index (χ3v) is 3.70. The van der Waals surface area contributed by atoms with Crippen molar-refractivity contribution in [2.75, 3.05) is 6.54 Å². The molecule has 0 radical (unpaired) electrons. The van der Waals surface area contributed by atoms with Crippen LogP contribution in [0.3, 0.4) is 0 Å². The van der Waals surface area contributed by atoms with Crippen LogP contribution in [0.15, 0.2) is 15.9 Å². The Bertz CT molecular complexity index is 754. The van der Waals surface area contributed by atoms with E-state index in [1.165, 1.54) is 4.57 Å². The Kier molecular flexibility index (Phi) is 5.18. The van der Waals surface area contributed by atoms with Crippen LogP contribution in [0.5, 0.6) is 0 Å².